The van der Waals surface area contributed by atoms with Crippen molar-refractivity contribution < 1.29 is 26.3 Å². The van der Waals surface area contributed by atoms with E-state index in [2.05, 4.69) is 0 Å². The van der Waals surface area contributed by atoms with Gasteiger partial charge in [0.25, 0.3) is 10.6 Å². The van der Waals surface area contributed by atoms with Gasteiger partial charge in [-0.1, -0.05) is 34.7 Å². The average molecular weight is 570 g/mol. The zero-order chi connectivity index (χ0) is 24.0. The highest BCUT2D eigenvalue weighted by Crippen LogP contribution is 2.46. The van der Waals surface area contributed by atoms with Crippen molar-refractivity contribution in [2.24, 2.45) is 0 Å². The van der Waals surface area contributed by atoms with E-state index in [1.807, 2.05) is 59.3 Å². The van der Waals surface area contributed by atoms with Gasteiger partial charge in [-0.3, -0.25) is 19.5 Å². The summed E-state index contributed by atoms with van der Waals surface area (Å²) in [6.07, 6.45) is 3.87. The van der Waals surface area contributed by atoms with Crippen molar-refractivity contribution in [1.29, 1.82) is 0 Å². The first-order valence-corrected chi connectivity index (χ1v) is 13.1. The highest BCUT2D eigenvalue weighted by Gasteiger charge is 2.25. The molecule has 0 N–H and O–H groups in total. The van der Waals surface area contributed by atoms with Crippen LogP contribution < -0.4 is 36.6 Å². The molecule has 0 spiro atoms. The van der Waals surface area contributed by atoms with Crippen LogP contribution >= 0.6 is 46.0 Å². The van der Waals surface area contributed by atoms with Gasteiger partial charge in [0.15, 0.2) is 12.0 Å². The number of thioether (sulfide) groups is 1. The third-order valence-electron chi connectivity index (χ3n) is 5.33. The Bertz CT molecular complexity index is 1610. The maximum Gasteiger partial charge on any atom is 0.433 e. The van der Waals surface area contributed by atoms with Gasteiger partial charge < -0.3 is 21.7 Å². The molecule has 0 amide bonds. The molecule has 0 unspecified atom stereocenters. The molecule has 0 saturated heterocycles. The number of nitro groups is 1. The Morgan fingerprint density at radius 3 is 2.80 bits per heavy atom. The monoisotopic (exact) mass is 568 g/mol. The minimum absolute atomic E-state index is 0. The lowest BCUT2D eigenvalue weighted by atomic mass is 10.3. The Hall–Kier alpha value is -2.57. The van der Waals surface area contributed by atoms with Gasteiger partial charge >= 0.3 is 5.88 Å². The Kier molecular flexibility index (Phi) is 7.43. The molecule has 0 saturated carbocycles. The largest absolute Gasteiger partial charge is 1.00 e. The van der Waals surface area contributed by atoms with Crippen molar-refractivity contribution in [1.82, 2.24) is 4.57 Å². The summed E-state index contributed by atoms with van der Waals surface area (Å²) in [5, 5.41) is 15.3. The molecule has 0 fully saturated rings. The highest BCUT2D eigenvalue weighted by molar-refractivity contribution is 8.08. The molecule has 0 atom stereocenters. The molecule has 0 bridgehead atoms. The number of furan rings is 1. The van der Waals surface area contributed by atoms with Gasteiger partial charge in [0.2, 0.25) is 6.54 Å². The zero-order valence-corrected chi connectivity index (χ0v) is 22.4. The summed E-state index contributed by atoms with van der Waals surface area (Å²) in [5.74, 6) is 0.206. The summed E-state index contributed by atoms with van der Waals surface area (Å²) >= 11 is 10.7. The van der Waals surface area contributed by atoms with Crippen molar-refractivity contribution in [3.8, 4) is 0 Å². The van der Waals surface area contributed by atoms with Crippen molar-refractivity contribution in [3.05, 3.63) is 87.4 Å². The van der Waals surface area contributed by atoms with E-state index < -0.39 is 4.92 Å². The maximum atomic E-state index is 13.3. The fraction of sp³-hybridized carbons (Fsp3) is 0.182. The lowest BCUT2D eigenvalue weighted by Crippen LogP contribution is -3.00. The maximum absolute atomic E-state index is 13.3. The van der Waals surface area contributed by atoms with Crippen molar-refractivity contribution >= 4 is 68.7 Å². The molecule has 35 heavy (non-hydrogen) atoms. The van der Waals surface area contributed by atoms with E-state index in [1.54, 1.807) is 22.4 Å². The van der Waals surface area contributed by atoms with E-state index in [0.29, 0.717) is 28.4 Å². The second-order valence-electron chi connectivity index (χ2n) is 7.41. The van der Waals surface area contributed by atoms with Gasteiger partial charge in [-0.05, 0) is 31.2 Å². The molecule has 1 aliphatic rings. The smallest absolute Gasteiger partial charge is 0.433 e. The Labute approximate surface area is 222 Å². The minimum Gasteiger partial charge on any atom is -1.00 e. The van der Waals surface area contributed by atoms with Crippen LogP contribution in [0.1, 0.15) is 17.7 Å². The van der Waals surface area contributed by atoms with E-state index in [0.717, 1.165) is 25.3 Å². The van der Waals surface area contributed by atoms with E-state index in [4.69, 9.17) is 16.0 Å². The fourth-order valence-corrected chi connectivity index (χ4v) is 7.27. The zero-order valence-electron chi connectivity index (χ0n) is 18.4. The van der Waals surface area contributed by atoms with Crippen molar-refractivity contribution in [3.63, 3.8) is 0 Å². The average Bonchev–Trinajstić information content (AvgIpc) is 3.57. The van der Waals surface area contributed by atoms with Crippen LogP contribution in [0.3, 0.4) is 0 Å². The third kappa shape index (κ3) is 4.78. The third-order valence-corrected chi connectivity index (χ3v) is 8.88. The molecular weight excluding hydrogens is 551 g/mol. The number of nitrogens with zero attached hydrogens (tertiary/aromatic N) is 4. The quantitative estimate of drug-likeness (QED) is 0.199. The predicted molar refractivity (Wildman–Crippen MR) is 135 cm³/mol. The van der Waals surface area contributed by atoms with Crippen molar-refractivity contribution in [2.45, 2.75) is 24.9 Å². The first kappa shape index (κ1) is 25.5. The number of hydrogen-bond acceptors (Lipinski definition) is 8. The summed E-state index contributed by atoms with van der Waals surface area (Å²) < 4.78 is 10.5. The Balaban J connectivity index is 0.00000289. The van der Waals surface area contributed by atoms with Gasteiger partial charge in [-0.2, -0.15) is 4.57 Å². The van der Waals surface area contributed by atoms with Crippen LogP contribution in [0.15, 0.2) is 56.0 Å². The lowest BCUT2D eigenvalue weighted by Gasteiger charge is -2.12. The van der Waals surface area contributed by atoms with E-state index in [1.165, 1.54) is 28.7 Å². The second-order valence-corrected chi connectivity index (χ2v) is 10.8. The number of aromatic nitrogens is 2. The SMILES string of the molecule is CCn1c(=O)/c(=C2\Sc3cc(Cl)ccc3N2C)s/c1=C\c1scc[n+]1Cc1ccc([N+](=O)[O-])o1.[Cl-]. The standard InChI is InChI=1S/C22H18ClN4O4S3.ClH/c1-3-26-19(11-18-25(8-9-32-18)12-14-5-7-17(31-14)27(29)30)34-20(21(26)28)22-24(2)15-6-4-13(23)10-16(15)33-22;/h4-11H,3,12H2,1-2H3;1H/q+1;/p-1/b22-20+;. The first-order chi connectivity index (χ1) is 16.4. The molecule has 182 valence electrons. The number of rotatable bonds is 5. The molecule has 0 radical (unpaired) electrons. The van der Waals surface area contributed by atoms with Gasteiger partial charge in [0, 0.05) is 23.5 Å². The van der Waals surface area contributed by atoms with Gasteiger partial charge in [-0.25, -0.2) is 0 Å². The molecule has 3 aromatic heterocycles. The van der Waals surface area contributed by atoms with Crippen molar-refractivity contribution in [2.75, 3.05) is 11.9 Å². The van der Waals surface area contributed by atoms with Crippen LogP contribution in [-0.4, -0.2) is 16.5 Å². The molecule has 5 rings (SSSR count). The summed E-state index contributed by atoms with van der Waals surface area (Å²) in [7, 11) is 1.96. The van der Waals surface area contributed by atoms with E-state index in [-0.39, 0.29) is 23.9 Å². The number of anilines is 1. The summed E-state index contributed by atoms with van der Waals surface area (Å²) in [6.45, 7) is 2.84. The van der Waals surface area contributed by atoms with Crippen LogP contribution in [0.25, 0.3) is 11.1 Å². The molecule has 4 heterocycles. The van der Waals surface area contributed by atoms with Gasteiger partial charge in [-0.15, -0.1) is 11.3 Å². The number of benzene rings is 1. The summed E-state index contributed by atoms with van der Waals surface area (Å²) in [5.41, 5.74) is 0.992. The van der Waals surface area contributed by atoms with E-state index >= 15 is 0 Å². The Morgan fingerprint density at radius 2 is 2.09 bits per heavy atom. The number of hydrogen-bond donors (Lipinski definition) is 0. The fourth-order valence-electron chi connectivity index (χ4n) is 3.68. The van der Waals surface area contributed by atoms with Crippen LogP contribution in [0.2, 0.25) is 5.02 Å². The number of fused-ring (bicyclic) bond motifs is 1. The molecule has 8 nitrogen and oxygen atoms in total. The van der Waals surface area contributed by atoms with Crippen LogP contribution in [-0.2, 0) is 13.1 Å². The van der Waals surface area contributed by atoms with E-state index in [9.17, 15) is 14.9 Å². The molecule has 4 aromatic rings. The topological polar surface area (TPSA) is 85.4 Å². The first-order valence-electron chi connectivity index (χ1n) is 10.2. The van der Waals surface area contributed by atoms with Crippen LogP contribution in [0.5, 0.6) is 0 Å². The minimum atomic E-state index is -0.552. The summed E-state index contributed by atoms with van der Waals surface area (Å²) in [4.78, 5) is 26.7. The highest BCUT2D eigenvalue weighted by atomic mass is 35.5. The normalized spacial score (nSPS) is 14.8. The number of thiazole rings is 2. The Morgan fingerprint density at radius 1 is 1.29 bits per heavy atom. The van der Waals surface area contributed by atoms with Gasteiger partial charge in [0.1, 0.15) is 19.1 Å². The molecule has 1 aliphatic heterocycles. The molecular formula is C22H18Cl2N4O4S3. The molecule has 1 aromatic carbocycles. The number of halogens is 2. The predicted octanol–water partition coefficient (Wildman–Crippen LogP) is 0.622. The molecule has 0 aliphatic carbocycles. The second kappa shape index (κ2) is 10.2. The van der Waals surface area contributed by atoms with Crippen LogP contribution in [0, 0.1) is 10.1 Å². The molecule has 13 heteroatoms. The summed E-state index contributed by atoms with van der Waals surface area (Å²) in [6, 6.07) is 8.68. The van der Waals surface area contributed by atoms with Gasteiger partial charge in [0.05, 0.1) is 23.2 Å². The van der Waals surface area contributed by atoms with Crippen LogP contribution in [0.4, 0.5) is 11.6 Å². The lowest BCUT2D eigenvalue weighted by molar-refractivity contribution is -0.686.